The average Bonchev–Trinajstić information content (AvgIpc) is 2.22. The number of aryl methyl sites for hydroxylation is 3. The monoisotopic (exact) mass is 248 g/mol. The normalized spacial score (nSPS) is 10.8. The summed E-state index contributed by atoms with van der Waals surface area (Å²) in [7, 11) is 0. The minimum Gasteiger partial charge on any atom is -0.351 e. The second kappa shape index (κ2) is 6.55. The van der Waals surface area contributed by atoms with Gasteiger partial charge in [0.05, 0.1) is 0 Å². The van der Waals surface area contributed by atoms with Crippen LogP contribution in [0.1, 0.15) is 40.9 Å². The second-order valence-electron chi connectivity index (χ2n) is 5.14. The van der Waals surface area contributed by atoms with E-state index in [1.807, 2.05) is 32.9 Å². The fraction of sp³-hybridized carbons (Fsp3) is 0.533. The maximum absolute atomic E-state index is 12.1. The van der Waals surface area contributed by atoms with E-state index in [1.54, 1.807) is 0 Å². The predicted octanol–water partition coefficient (Wildman–Crippen LogP) is 2.34. The lowest BCUT2D eigenvalue weighted by Gasteiger charge is -2.13. The lowest BCUT2D eigenvalue weighted by atomic mass is 9.99. The molecule has 1 rings (SSSR count). The van der Waals surface area contributed by atoms with E-state index >= 15 is 0 Å². The number of benzene rings is 1. The molecule has 0 unspecified atom stereocenters. The Balaban J connectivity index is 2.62. The quantitative estimate of drug-likeness (QED) is 0.785. The van der Waals surface area contributed by atoms with Gasteiger partial charge in [-0.1, -0.05) is 31.5 Å². The number of carbonyl (C=O) groups is 1. The molecule has 0 bridgehead atoms. The van der Waals surface area contributed by atoms with E-state index in [2.05, 4.69) is 24.5 Å². The number of hydrogen-bond donors (Lipinski definition) is 2. The van der Waals surface area contributed by atoms with Crippen molar-refractivity contribution in [2.24, 2.45) is 0 Å². The number of amides is 1. The Labute approximate surface area is 110 Å². The first-order valence-electron chi connectivity index (χ1n) is 6.51. The van der Waals surface area contributed by atoms with Crippen LogP contribution in [0.4, 0.5) is 0 Å². The van der Waals surface area contributed by atoms with E-state index in [0.717, 1.165) is 23.2 Å². The van der Waals surface area contributed by atoms with Gasteiger partial charge in [-0.25, -0.2) is 0 Å². The van der Waals surface area contributed by atoms with Crippen LogP contribution in [0.15, 0.2) is 12.1 Å². The van der Waals surface area contributed by atoms with Gasteiger partial charge >= 0.3 is 0 Å². The molecular weight excluding hydrogens is 224 g/mol. The van der Waals surface area contributed by atoms with Crippen LogP contribution in [-0.2, 0) is 0 Å². The van der Waals surface area contributed by atoms with Gasteiger partial charge in [0.25, 0.3) is 5.91 Å². The fourth-order valence-corrected chi connectivity index (χ4v) is 2.16. The summed E-state index contributed by atoms with van der Waals surface area (Å²) >= 11 is 0. The third kappa shape index (κ3) is 4.15. The summed E-state index contributed by atoms with van der Waals surface area (Å²) in [5.74, 6) is 0.0237. The molecule has 0 aromatic heterocycles. The zero-order chi connectivity index (χ0) is 13.7. The van der Waals surface area contributed by atoms with Gasteiger partial charge in [0.1, 0.15) is 0 Å². The van der Waals surface area contributed by atoms with Crippen molar-refractivity contribution in [3.05, 3.63) is 34.4 Å². The van der Waals surface area contributed by atoms with Crippen molar-refractivity contribution >= 4 is 5.91 Å². The molecule has 1 aromatic carbocycles. The van der Waals surface area contributed by atoms with E-state index in [9.17, 15) is 4.79 Å². The van der Waals surface area contributed by atoms with Gasteiger partial charge in [-0.2, -0.15) is 0 Å². The highest BCUT2D eigenvalue weighted by Gasteiger charge is 2.11. The molecule has 0 heterocycles. The topological polar surface area (TPSA) is 41.1 Å². The standard InChI is InChI=1S/C15H24N2O/c1-10(2)16-6-7-17-15(18)14-12(4)8-11(3)9-13(14)5/h8-10,16H,6-7H2,1-5H3,(H,17,18). The van der Waals surface area contributed by atoms with Crippen molar-refractivity contribution < 1.29 is 4.79 Å². The average molecular weight is 248 g/mol. The largest absolute Gasteiger partial charge is 0.351 e. The van der Waals surface area contributed by atoms with E-state index in [0.29, 0.717) is 12.6 Å². The molecule has 0 spiro atoms. The Bertz CT molecular complexity index is 401. The SMILES string of the molecule is Cc1cc(C)c(C(=O)NCCNC(C)C)c(C)c1. The van der Waals surface area contributed by atoms with Crippen LogP contribution in [-0.4, -0.2) is 25.0 Å². The Morgan fingerprint density at radius 2 is 1.67 bits per heavy atom. The number of nitrogens with one attached hydrogen (secondary N) is 2. The van der Waals surface area contributed by atoms with Crippen LogP contribution >= 0.6 is 0 Å². The maximum atomic E-state index is 12.1. The van der Waals surface area contributed by atoms with Crippen molar-refractivity contribution in [1.29, 1.82) is 0 Å². The van der Waals surface area contributed by atoms with Crippen LogP contribution in [0.5, 0.6) is 0 Å². The summed E-state index contributed by atoms with van der Waals surface area (Å²) in [6, 6.07) is 4.55. The second-order valence-corrected chi connectivity index (χ2v) is 5.14. The van der Waals surface area contributed by atoms with Gasteiger partial charge in [-0.3, -0.25) is 4.79 Å². The molecule has 100 valence electrons. The molecule has 0 aliphatic rings. The predicted molar refractivity (Wildman–Crippen MR) is 76.1 cm³/mol. The highest BCUT2D eigenvalue weighted by atomic mass is 16.1. The first-order valence-corrected chi connectivity index (χ1v) is 6.51. The smallest absolute Gasteiger partial charge is 0.251 e. The van der Waals surface area contributed by atoms with Crippen molar-refractivity contribution in [1.82, 2.24) is 10.6 Å². The number of rotatable bonds is 5. The molecule has 18 heavy (non-hydrogen) atoms. The molecule has 1 aromatic rings. The van der Waals surface area contributed by atoms with E-state index < -0.39 is 0 Å². The highest BCUT2D eigenvalue weighted by Crippen LogP contribution is 2.15. The molecule has 0 saturated heterocycles. The third-order valence-corrected chi connectivity index (χ3v) is 2.87. The van der Waals surface area contributed by atoms with Gasteiger partial charge in [0, 0.05) is 24.7 Å². The molecule has 0 aliphatic heterocycles. The lowest BCUT2D eigenvalue weighted by molar-refractivity contribution is 0.0952. The Morgan fingerprint density at radius 3 is 2.17 bits per heavy atom. The fourth-order valence-electron chi connectivity index (χ4n) is 2.16. The lowest BCUT2D eigenvalue weighted by Crippen LogP contribution is -2.35. The Hall–Kier alpha value is -1.35. The van der Waals surface area contributed by atoms with Crippen molar-refractivity contribution in [3.8, 4) is 0 Å². The summed E-state index contributed by atoms with van der Waals surface area (Å²) < 4.78 is 0. The summed E-state index contributed by atoms with van der Waals surface area (Å²) in [6.45, 7) is 11.7. The summed E-state index contributed by atoms with van der Waals surface area (Å²) in [6.07, 6.45) is 0. The first kappa shape index (κ1) is 14.7. The maximum Gasteiger partial charge on any atom is 0.251 e. The Morgan fingerprint density at radius 1 is 1.11 bits per heavy atom. The summed E-state index contributed by atoms with van der Waals surface area (Å²) in [5, 5.41) is 6.23. The zero-order valence-corrected chi connectivity index (χ0v) is 12.1. The molecule has 2 N–H and O–H groups in total. The molecule has 3 nitrogen and oxygen atoms in total. The van der Waals surface area contributed by atoms with E-state index in [1.165, 1.54) is 5.56 Å². The van der Waals surface area contributed by atoms with Crippen molar-refractivity contribution in [2.75, 3.05) is 13.1 Å². The van der Waals surface area contributed by atoms with Gasteiger partial charge < -0.3 is 10.6 Å². The summed E-state index contributed by atoms with van der Waals surface area (Å²) in [5.41, 5.74) is 4.09. The molecular formula is C15H24N2O. The minimum absolute atomic E-state index is 0.0237. The third-order valence-electron chi connectivity index (χ3n) is 2.87. The molecule has 0 fully saturated rings. The molecule has 3 heteroatoms. The van der Waals surface area contributed by atoms with Crippen molar-refractivity contribution in [3.63, 3.8) is 0 Å². The van der Waals surface area contributed by atoms with Gasteiger partial charge in [-0.05, 0) is 31.9 Å². The van der Waals surface area contributed by atoms with Crippen LogP contribution in [0.3, 0.4) is 0 Å². The van der Waals surface area contributed by atoms with E-state index in [-0.39, 0.29) is 5.91 Å². The molecule has 0 aliphatic carbocycles. The molecule has 0 radical (unpaired) electrons. The highest BCUT2D eigenvalue weighted by molar-refractivity contribution is 5.97. The van der Waals surface area contributed by atoms with Gasteiger partial charge in [0.15, 0.2) is 0 Å². The van der Waals surface area contributed by atoms with Crippen LogP contribution in [0.2, 0.25) is 0 Å². The van der Waals surface area contributed by atoms with Crippen LogP contribution < -0.4 is 10.6 Å². The Kier molecular flexibility index (Phi) is 5.35. The minimum atomic E-state index is 0.0237. The van der Waals surface area contributed by atoms with Crippen LogP contribution in [0.25, 0.3) is 0 Å². The molecule has 0 atom stereocenters. The van der Waals surface area contributed by atoms with Gasteiger partial charge in [-0.15, -0.1) is 0 Å². The summed E-state index contributed by atoms with van der Waals surface area (Å²) in [4.78, 5) is 12.1. The van der Waals surface area contributed by atoms with Crippen molar-refractivity contribution in [2.45, 2.75) is 40.7 Å². The number of carbonyl (C=O) groups excluding carboxylic acids is 1. The van der Waals surface area contributed by atoms with Crippen LogP contribution in [0, 0.1) is 20.8 Å². The first-order chi connectivity index (χ1) is 8.41. The molecule has 1 amide bonds. The number of hydrogen-bond acceptors (Lipinski definition) is 2. The van der Waals surface area contributed by atoms with E-state index in [4.69, 9.17) is 0 Å². The van der Waals surface area contributed by atoms with Gasteiger partial charge in [0.2, 0.25) is 0 Å². The molecule has 0 saturated carbocycles. The zero-order valence-electron chi connectivity index (χ0n) is 12.1.